The minimum absolute atomic E-state index is 0.0109. The molecular formula is C27H25ClFNO5S. The fourth-order valence-electron chi connectivity index (χ4n) is 3.92. The zero-order valence-corrected chi connectivity index (χ0v) is 21.4. The molecule has 188 valence electrons. The number of nitrogens with zero attached hydrogens (tertiary/aromatic N) is 1. The number of carbonyl (C=O) groups excluding carboxylic acids is 1. The number of halogens is 2. The number of furan rings is 1. The van der Waals surface area contributed by atoms with Crippen molar-refractivity contribution in [3.63, 3.8) is 0 Å². The molecule has 0 aliphatic carbocycles. The van der Waals surface area contributed by atoms with Gasteiger partial charge in [0, 0.05) is 34.6 Å². The van der Waals surface area contributed by atoms with E-state index in [0.717, 1.165) is 11.6 Å². The van der Waals surface area contributed by atoms with Gasteiger partial charge in [-0.3, -0.25) is 0 Å². The molecule has 0 atom stereocenters. The summed E-state index contributed by atoms with van der Waals surface area (Å²) in [4.78, 5) is 12.2. The summed E-state index contributed by atoms with van der Waals surface area (Å²) in [6.07, 6.45) is 0.440. The normalized spacial score (nSPS) is 11.8. The predicted molar refractivity (Wildman–Crippen MR) is 136 cm³/mol. The lowest BCUT2D eigenvalue weighted by atomic mass is 10.1. The van der Waals surface area contributed by atoms with Crippen LogP contribution in [0.5, 0.6) is 0 Å². The number of fused-ring (bicyclic) bond motifs is 1. The Hall–Kier alpha value is -3.20. The smallest absolute Gasteiger partial charge is 0.374 e. The van der Waals surface area contributed by atoms with Crippen LogP contribution >= 0.6 is 11.6 Å². The maximum Gasteiger partial charge on any atom is 0.374 e. The van der Waals surface area contributed by atoms with Crippen molar-refractivity contribution in [2.45, 2.75) is 31.7 Å². The zero-order valence-electron chi connectivity index (χ0n) is 19.8. The SMILES string of the molecule is CCOC(=O)c1oc2ccc(S(=O)(=O)N(CCc3ccccc3)Cc3ccc(Cl)cc3F)cc2c1C. The third kappa shape index (κ3) is 5.46. The third-order valence-electron chi connectivity index (χ3n) is 5.86. The first kappa shape index (κ1) is 25.9. The number of rotatable bonds is 9. The van der Waals surface area contributed by atoms with Gasteiger partial charge in [0.1, 0.15) is 11.4 Å². The van der Waals surface area contributed by atoms with Crippen LogP contribution in [0.25, 0.3) is 11.0 Å². The van der Waals surface area contributed by atoms with E-state index in [1.807, 2.05) is 30.3 Å². The van der Waals surface area contributed by atoms with E-state index in [1.54, 1.807) is 13.8 Å². The Kier molecular flexibility index (Phi) is 7.78. The van der Waals surface area contributed by atoms with E-state index < -0.39 is 21.8 Å². The van der Waals surface area contributed by atoms with Gasteiger partial charge in [0.2, 0.25) is 15.8 Å². The van der Waals surface area contributed by atoms with Crippen LogP contribution in [0.1, 0.15) is 34.2 Å². The highest BCUT2D eigenvalue weighted by atomic mass is 35.5. The molecule has 0 N–H and O–H groups in total. The summed E-state index contributed by atoms with van der Waals surface area (Å²) in [6.45, 7) is 3.50. The van der Waals surface area contributed by atoms with Crippen LogP contribution in [0, 0.1) is 12.7 Å². The van der Waals surface area contributed by atoms with Gasteiger partial charge in [0.05, 0.1) is 11.5 Å². The number of carbonyl (C=O) groups is 1. The van der Waals surface area contributed by atoms with Gasteiger partial charge in [-0.05, 0) is 56.2 Å². The molecule has 0 aliphatic rings. The molecule has 36 heavy (non-hydrogen) atoms. The second-order valence-electron chi connectivity index (χ2n) is 8.24. The molecule has 3 aromatic carbocycles. The van der Waals surface area contributed by atoms with Crippen molar-refractivity contribution in [2.24, 2.45) is 0 Å². The Bertz CT molecular complexity index is 1500. The first-order valence-corrected chi connectivity index (χ1v) is 13.2. The fraction of sp³-hybridized carbons (Fsp3) is 0.222. The molecule has 1 aromatic heterocycles. The van der Waals surface area contributed by atoms with E-state index in [4.69, 9.17) is 20.8 Å². The molecule has 0 bridgehead atoms. The lowest BCUT2D eigenvalue weighted by Crippen LogP contribution is -2.33. The van der Waals surface area contributed by atoms with Gasteiger partial charge in [-0.2, -0.15) is 4.31 Å². The molecule has 0 saturated carbocycles. The minimum atomic E-state index is -4.05. The highest BCUT2D eigenvalue weighted by Gasteiger charge is 2.27. The van der Waals surface area contributed by atoms with E-state index in [9.17, 15) is 17.6 Å². The molecule has 4 rings (SSSR count). The van der Waals surface area contributed by atoms with Crippen molar-refractivity contribution in [2.75, 3.05) is 13.2 Å². The predicted octanol–water partition coefficient (Wildman–Crippen LogP) is 6.14. The van der Waals surface area contributed by atoms with E-state index in [0.29, 0.717) is 23.0 Å². The number of benzene rings is 3. The van der Waals surface area contributed by atoms with Crippen LogP contribution in [0.3, 0.4) is 0 Å². The van der Waals surface area contributed by atoms with Gasteiger partial charge in [-0.1, -0.05) is 48.0 Å². The van der Waals surface area contributed by atoms with Crippen molar-refractivity contribution >= 4 is 38.6 Å². The van der Waals surface area contributed by atoms with E-state index in [-0.39, 0.29) is 40.9 Å². The maximum atomic E-state index is 14.6. The summed E-state index contributed by atoms with van der Waals surface area (Å²) in [5.74, 6) is -1.16. The van der Waals surface area contributed by atoms with Gasteiger partial charge in [0.25, 0.3) is 0 Å². The summed E-state index contributed by atoms with van der Waals surface area (Å²) in [5.41, 5.74) is 2.02. The van der Waals surface area contributed by atoms with E-state index in [2.05, 4.69) is 0 Å². The molecule has 0 aliphatic heterocycles. The van der Waals surface area contributed by atoms with Crippen molar-refractivity contribution in [3.8, 4) is 0 Å². The second-order valence-corrected chi connectivity index (χ2v) is 10.6. The van der Waals surface area contributed by atoms with Crippen LogP contribution in [-0.2, 0) is 27.7 Å². The molecule has 9 heteroatoms. The topological polar surface area (TPSA) is 76.8 Å². The molecule has 0 unspecified atom stereocenters. The first-order chi connectivity index (χ1) is 17.2. The van der Waals surface area contributed by atoms with Gasteiger partial charge < -0.3 is 9.15 Å². The Morgan fingerprint density at radius 1 is 1.08 bits per heavy atom. The monoisotopic (exact) mass is 529 g/mol. The molecule has 6 nitrogen and oxygen atoms in total. The van der Waals surface area contributed by atoms with Crippen molar-refractivity contribution in [3.05, 3.63) is 100 Å². The standard InChI is InChI=1S/C27H25ClFNO5S/c1-3-34-27(31)26-18(2)23-16-22(11-12-25(23)35-26)36(32,33)30(14-13-19-7-5-4-6-8-19)17-20-9-10-21(28)15-24(20)29/h4-12,15-16H,3,13-14,17H2,1-2H3. The highest BCUT2D eigenvalue weighted by Crippen LogP contribution is 2.30. The summed E-state index contributed by atoms with van der Waals surface area (Å²) < 4.78 is 54.1. The molecule has 1 heterocycles. The van der Waals surface area contributed by atoms with Crippen molar-refractivity contribution < 1.29 is 26.8 Å². The number of esters is 1. The Balaban J connectivity index is 1.72. The van der Waals surface area contributed by atoms with E-state index >= 15 is 0 Å². The Labute approximate surface area is 214 Å². The van der Waals surface area contributed by atoms with Crippen LogP contribution in [-0.4, -0.2) is 31.8 Å². The van der Waals surface area contributed by atoms with Gasteiger partial charge in [0.15, 0.2) is 0 Å². The van der Waals surface area contributed by atoms with Crippen LogP contribution < -0.4 is 0 Å². The third-order valence-corrected chi connectivity index (χ3v) is 7.94. The summed E-state index contributed by atoms with van der Waals surface area (Å²) in [6, 6.07) is 18.0. The Morgan fingerprint density at radius 3 is 2.53 bits per heavy atom. The fourth-order valence-corrected chi connectivity index (χ4v) is 5.53. The average Bonchev–Trinajstić information content (AvgIpc) is 3.19. The van der Waals surface area contributed by atoms with Crippen molar-refractivity contribution in [1.29, 1.82) is 0 Å². The molecule has 0 fully saturated rings. The molecular weight excluding hydrogens is 505 g/mol. The largest absolute Gasteiger partial charge is 0.460 e. The van der Waals surface area contributed by atoms with Crippen LogP contribution in [0.2, 0.25) is 5.02 Å². The molecule has 4 aromatic rings. The van der Waals surface area contributed by atoms with Gasteiger partial charge >= 0.3 is 5.97 Å². The summed E-state index contributed by atoms with van der Waals surface area (Å²) in [7, 11) is -4.05. The van der Waals surface area contributed by atoms with Gasteiger partial charge in [-0.15, -0.1) is 0 Å². The lowest BCUT2D eigenvalue weighted by Gasteiger charge is -2.23. The molecule has 0 radical (unpaired) electrons. The van der Waals surface area contributed by atoms with Crippen LogP contribution in [0.15, 0.2) is 76.0 Å². The zero-order chi connectivity index (χ0) is 25.9. The summed E-state index contributed by atoms with van der Waals surface area (Å²) in [5, 5.41) is 0.716. The number of hydrogen-bond acceptors (Lipinski definition) is 5. The average molecular weight is 530 g/mol. The number of hydrogen-bond donors (Lipinski definition) is 0. The van der Waals surface area contributed by atoms with Crippen molar-refractivity contribution in [1.82, 2.24) is 4.31 Å². The van der Waals surface area contributed by atoms with Crippen LogP contribution in [0.4, 0.5) is 4.39 Å². The Morgan fingerprint density at radius 2 is 1.83 bits per heavy atom. The highest BCUT2D eigenvalue weighted by molar-refractivity contribution is 7.89. The maximum absolute atomic E-state index is 14.6. The number of ether oxygens (including phenoxy) is 1. The molecule has 0 spiro atoms. The molecule has 0 amide bonds. The lowest BCUT2D eigenvalue weighted by molar-refractivity contribution is 0.0491. The van der Waals surface area contributed by atoms with Gasteiger partial charge in [-0.25, -0.2) is 17.6 Å². The number of aryl methyl sites for hydroxylation is 1. The summed E-state index contributed by atoms with van der Waals surface area (Å²) >= 11 is 5.88. The quantitative estimate of drug-likeness (QED) is 0.243. The molecule has 0 saturated heterocycles. The second kappa shape index (κ2) is 10.8. The number of sulfonamides is 1. The first-order valence-electron chi connectivity index (χ1n) is 11.4. The minimum Gasteiger partial charge on any atom is -0.460 e. The van der Waals surface area contributed by atoms with E-state index in [1.165, 1.54) is 34.6 Å².